The molecular weight excluding hydrogens is 472 g/mol. The zero-order valence-corrected chi connectivity index (χ0v) is 21.0. The van der Waals surface area contributed by atoms with Crippen LogP contribution in [0.15, 0.2) is 78.0 Å². The highest BCUT2D eigenvalue weighted by Crippen LogP contribution is 2.32. The van der Waals surface area contributed by atoms with Gasteiger partial charge in [-0.15, -0.1) is 10.2 Å². The summed E-state index contributed by atoms with van der Waals surface area (Å²) in [7, 11) is 0. The zero-order chi connectivity index (χ0) is 24.7. The van der Waals surface area contributed by atoms with Gasteiger partial charge in [0, 0.05) is 30.0 Å². The fourth-order valence-electron chi connectivity index (χ4n) is 3.95. The molecule has 1 aliphatic heterocycles. The minimum absolute atomic E-state index is 0.0479. The first-order valence-corrected chi connectivity index (χ1v) is 13.0. The Morgan fingerprint density at radius 1 is 0.972 bits per heavy atom. The number of para-hydroxylation sites is 1. The van der Waals surface area contributed by atoms with E-state index < -0.39 is 0 Å². The van der Waals surface area contributed by atoms with E-state index >= 15 is 0 Å². The predicted octanol–water partition coefficient (Wildman–Crippen LogP) is 5.55. The normalized spacial score (nSPS) is 12.0. The van der Waals surface area contributed by atoms with Gasteiger partial charge in [0.1, 0.15) is 0 Å². The molecule has 0 fully saturated rings. The molecule has 5 rings (SSSR count). The highest BCUT2D eigenvalue weighted by molar-refractivity contribution is 7.99. The molecule has 0 aliphatic carbocycles. The molecule has 8 heteroatoms. The molecule has 0 radical (unpaired) electrons. The second kappa shape index (κ2) is 11.3. The molecule has 184 valence electrons. The third kappa shape index (κ3) is 5.71. The quantitative estimate of drug-likeness (QED) is 0.227. The van der Waals surface area contributed by atoms with Crippen LogP contribution < -0.4 is 14.8 Å². The molecular formula is C28H28N4O3S. The van der Waals surface area contributed by atoms with Crippen LogP contribution in [-0.4, -0.2) is 33.2 Å². The number of fused-ring (bicyclic) bond motifs is 1. The van der Waals surface area contributed by atoms with Crippen LogP contribution in [0.5, 0.6) is 11.5 Å². The van der Waals surface area contributed by atoms with Crippen LogP contribution in [0.25, 0.3) is 17.1 Å². The molecule has 0 atom stereocenters. The number of carbonyl (C=O) groups is 1. The van der Waals surface area contributed by atoms with Gasteiger partial charge in [0.15, 0.2) is 22.5 Å². The van der Waals surface area contributed by atoms with E-state index in [1.165, 1.54) is 5.56 Å². The van der Waals surface area contributed by atoms with Gasteiger partial charge in [-0.05, 0) is 49.6 Å². The van der Waals surface area contributed by atoms with E-state index in [-0.39, 0.29) is 12.7 Å². The van der Waals surface area contributed by atoms with Crippen molar-refractivity contribution in [2.24, 2.45) is 0 Å². The van der Waals surface area contributed by atoms with Gasteiger partial charge < -0.3 is 14.8 Å². The Morgan fingerprint density at radius 2 is 1.78 bits per heavy atom. The highest BCUT2D eigenvalue weighted by Gasteiger charge is 2.16. The van der Waals surface area contributed by atoms with Crippen LogP contribution in [0.4, 0.5) is 0 Å². The molecule has 0 saturated carbocycles. The van der Waals surface area contributed by atoms with Crippen LogP contribution in [0.2, 0.25) is 0 Å². The lowest BCUT2D eigenvalue weighted by Crippen LogP contribution is -2.22. The van der Waals surface area contributed by atoms with Crippen molar-refractivity contribution in [1.29, 1.82) is 0 Å². The monoisotopic (exact) mass is 500 g/mol. The Kier molecular flexibility index (Phi) is 7.52. The Morgan fingerprint density at radius 3 is 2.61 bits per heavy atom. The largest absolute Gasteiger partial charge is 0.454 e. The molecule has 0 saturated heterocycles. The lowest BCUT2D eigenvalue weighted by atomic mass is 10.1. The van der Waals surface area contributed by atoms with Gasteiger partial charge in [0.25, 0.3) is 0 Å². The van der Waals surface area contributed by atoms with Gasteiger partial charge in [-0.3, -0.25) is 9.36 Å². The molecule has 1 N–H and O–H groups in total. The fraction of sp³-hybridized carbons (Fsp3) is 0.250. The second-order valence-corrected chi connectivity index (χ2v) is 9.68. The first kappa shape index (κ1) is 23.9. The Balaban J connectivity index is 1.13. The van der Waals surface area contributed by atoms with Crippen molar-refractivity contribution in [3.05, 3.63) is 83.9 Å². The maximum absolute atomic E-state index is 12.3. The summed E-state index contributed by atoms with van der Waals surface area (Å²) in [5, 5.41) is 12.8. The van der Waals surface area contributed by atoms with Gasteiger partial charge in [-0.1, -0.05) is 65.9 Å². The summed E-state index contributed by atoms with van der Waals surface area (Å²) in [4.78, 5) is 12.3. The van der Waals surface area contributed by atoms with E-state index in [1.54, 1.807) is 11.8 Å². The summed E-state index contributed by atoms with van der Waals surface area (Å²) in [6, 6.07) is 24.2. The van der Waals surface area contributed by atoms with Crippen molar-refractivity contribution in [3.8, 4) is 28.6 Å². The number of rotatable bonds is 10. The molecule has 7 nitrogen and oxygen atoms in total. The molecule has 2 heterocycles. The van der Waals surface area contributed by atoms with Crippen LogP contribution in [0, 0.1) is 6.92 Å². The number of nitrogens with zero attached hydrogens (tertiary/aromatic N) is 3. The van der Waals surface area contributed by atoms with Crippen molar-refractivity contribution in [2.45, 2.75) is 37.9 Å². The number of nitrogens with one attached hydrogen (secondary N) is 1. The van der Waals surface area contributed by atoms with Crippen molar-refractivity contribution in [1.82, 2.24) is 20.1 Å². The SMILES string of the molecule is Cc1ccc(-c2nnc(SCCCCC(=O)NCc3ccc4c(c3)OCO4)n2-c2ccccc2)cc1. The van der Waals surface area contributed by atoms with Crippen LogP contribution in [-0.2, 0) is 11.3 Å². The molecule has 4 aromatic rings. The Bertz CT molecular complexity index is 1320. The van der Waals surface area contributed by atoms with E-state index in [4.69, 9.17) is 9.47 Å². The number of aryl methyl sites for hydroxylation is 1. The van der Waals surface area contributed by atoms with E-state index in [1.807, 2.05) is 36.4 Å². The summed E-state index contributed by atoms with van der Waals surface area (Å²) >= 11 is 1.67. The number of carbonyl (C=O) groups excluding carboxylic acids is 1. The van der Waals surface area contributed by atoms with Crippen LogP contribution >= 0.6 is 11.8 Å². The minimum atomic E-state index is 0.0479. The summed E-state index contributed by atoms with van der Waals surface area (Å²) in [5.74, 6) is 3.21. The smallest absolute Gasteiger partial charge is 0.231 e. The Labute approximate surface area is 214 Å². The van der Waals surface area contributed by atoms with Gasteiger partial charge >= 0.3 is 0 Å². The standard InChI is InChI=1S/C28H28N4O3S/c1-20-10-13-22(14-11-20)27-30-31-28(32(27)23-7-3-2-4-8-23)36-16-6-5-9-26(33)29-18-21-12-15-24-25(17-21)35-19-34-24/h2-4,7-8,10-15,17H,5-6,9,16,18-19H2,1H3,(H,29,33). The van der Waals surface area contributed by atoms with Crippen molar-refractivity contribution < 1.29 is 14.3 Å². The molecule has 0 bridgehead atoms. The van der Waals surface area contributed by atoms with E-state index in [0.717, 1.165) is 57.9 Å². The van der Waals surface area contributed by atoms with Crippen LogP contribution in [0.1, 0.15) is 30.4 Å². The lowest BCUT2D eigenvalue weighted by Gasteiger charge is -2.10. The second-order valence-electron chi connectivity index (χ2n) is 8.61. The average molecular weight is 501 g/mol. The highest BCUT2D eigenvalue weighted by atomic mass is 32.2. The number of aromatic nitrogens is 3. The summed E-state index contributed by atoms with van der Waals surface area (Å²) in [6.07, 6.45) is 2.21. The molecule has 3 aromatic carbocycles. The fourth-order valence-corrected chi connectivity index (χ4v) is 4.90. The van der Waals surface area contributed by atoms with E-state index in [0.29, 0.717) is 13.0 Å². The third-order valence-electron chi connectivity index (χ3n) is 5.91. The molecule has 1 aromatic heterocycles. The van der Waals surface area contributed by atoms with Crippen LogP contribution in [0.3, 0.4) is 0 Å². The van der Waals surface area contributed by atoms with Gasteiger partial charge in [-0.2, -0.15) is 0 Å². The zero-order valence-electron chi connectivity index (χ0n) is 20.1. The third-order valence-corrected chi connectivity index (χ3v) is 6.93. The van der Waals surface area contributed by atoms with Gasteiger partial charge in [0.05, 0.1) is 0 Å². The summed E-state index contributed by atoms with van der Waals surface area (Å²) in [5.41, 5.74) is 4.26. The van der Waals surface area contributed by atoms with E-state index in [2.05, 4.69) is 63.4 Å². The number of benzene rings is 3. The molecule has 36 heavy (non-hydrogen) atoms. The average Bonchev–Trinajstić information content (AvgIpc) is 3.55. The first-order valence-electron chi connectivity index (χ1n) is 12.0. The maximum Gasteiger partial charge on any atom is 0.231 e. The number of ether oxygens (including phenoxy) is 2. The first-order chi connectivity index (χ1) is 17.7. The number of hydrogen-bond acceptors (Lipinski definition) is 6. The van der Waals surface area contributed by atoms with Gasteiger partial charge in [0.2, 0.25) is 12.7 Å². The Hall–Kier alpha value is -3.78. The molecule has 1 aliphatic rings. The lowest BCUT2D eigenvalue weighted by molar-refractivity contribution is -0.121. The van der Waals surface area contributed by atoms with Crippen molar-refractivity contribution >= 4 is 17.7 Å². The van der Waals surface area contributed by atoms with Gasteiger partial charge in [-0.25, -0.2) is 0 Å². The summed E-state index contributed by atoms with van der Waals surface area (Å²) in [6.45, 7) is 2.80. The number of amides is 1. The van der Waals surface area contributed by atoms with Crippen molar-refractivity contribution in [3.63, 3.8) is 0 Å². The molecule has 0 unspecified atom stereocenters. The number of unbranched alkanes of at least 4 members (excludes halogenated alkanes) is 1. The summed E-state index contributed by atoms with van der Waals surface area (Å²) < 4.78 is 12.8. The molecule has 0 spiro atoms. The van der Waals surface area contributed by atoms with Crippen molar-refractivity contribution in [2.75, 3.05) is 12.5 Å². The molecule has 1 amide bonds. The predicted molar refractivity (Wildman–Crippen MR) is 141 cm³/mol. The van der Waals surface area contributed by atoms with E-state index in [9.17, 15) is 4.79 Å². The topological polar surface area (TPSA) is 78.3 Å². The minimum Gasteiger partial charge on any atom is -0.454 e. The maximum atomic E-state index is 12.3. The number of thioether (sulfide) groups is 1. The number of hydrogen-bond donors (Lipinski definition) is 1.